The zero-order valence-electron chi connectivity index (χ0n) is 14.3. The number of benzene rings is 2. The van der Waals surface area contributed by atoms with Gasteiger partial charge in [-0.3, -0.25) is 20.4 Å². The van der Waals surface area contributed by atoms with Crippen LogP contribution in [0.5, 0.6) is 5.75 Å². The van der Waals surface area contributed by atoms with Crippen molar-refractivity contribution >= 4 is 11.8 Å². The van der Waals surface area contributed by atoms with E-state index in [1.54, 1.807) is 12.1 Å². The molecule has 2 aromatic rings. The van der Waals surface area contributed by atoms with E-state index in [1.807, 2.05) is 37.3 Å². The number of hydrogen-bond donors (Lipinski definition) is 2. The van der Waals surface area contributed by atoms with E-state index in [0.29, 0.717) is 11.3 Å². The predicted molar refractivity (Wildman–Crippen MR) is 95.4 cm³/mol. The largest absolute Gasteiger partial charge is 0.483 e. The first kappa shape index (κ1) is 17.0. The van der Waals surface area contributed by atoms with E-state index < -0.39 is 5.91 Å². The molecule has 5 nitrogen and oxygen atoms in total. The van der Waals surface area contributed by atoms with Gasteiger partial charge < -0.3 is 4.74 Å². The summed E-state index contributed by atoms with van der Waals surface area (Å²) < 4.78 is 5.45. The summed E-state index contributed by atoms with van der Waals surface area (Å²) >= 11 is 0. The number of ether oxygens (including phenoxy) is 1. The smallest absolute Gasteiger partial charge is 0.276 e. The molecule has 130 valence electrons. The highest BCUT2D eigenvalue weighted by Gasteiger charge is 2.13. The lowest BCUT2D eigenvalue weighted by Gasteiger charge is -2.16. The summed E-state index contributed by atoms with van der Waals surface area (Å²) in [7, 11) is 0. The molecule has 1 aliphatic rings. The molecule has 5 heteroatoms. The summed E-state index contributed by atoms with van der Waals surface area (Å²) in [6.45, 7) is 1.75. The third kappa shape index (κ3) is 4.38. The van der Waals surface area contributed by atoms with Crippen LogP contribution in [-0.4, -0.2) is 18.4 Å². The van der Waals surface area contributed by atoms with Crippen molar-refractivity contribution in [3.05, 3.63) is 64.7 Å². The molecule has 0 radical (unpaired) electrons. The summed E-state index contributed by atoms with van der Waals surface area (Å²) in [6, 6.07) is 13.2. The molecule has 2 amide bonds. The normalized spacial score (nSPS) is 12.8. The van der Waals surface area contributed by atoms with Crippen LogP contribution in [0, 0.1) is 6.92 Å². The molecule has 0 atom stereocenters. The van der Waals surface area contributed by atoms with Crippen LogP contribution in [0.4, 0.5) is 0 Å². The number of amides is 2. The fraction of sp³-hybridized carbons (Fsp3) is 0.300. The number of fused-ring (bicyclic) bond motifs is 1. The van der Waals surface area contributed by atoms with Crippen LogP contribution in [0.3, 0.4) is 0 Å². The maximum Gasteiger partial charge on any atom is 0.276 e. The topological polar surface area (TPSA) is 67.4 Å². The van der Waals surface area contributed by atoms with Crippen molar-refractivity contribution < 1.29 is 14.3 Å². The number of carbonyl (C=O) groups is 2. The van der Waals surface area contributed by atoms with Crippen molar-refractivity contribution in [3.63, 3.8) is 0 Å². The maximum absolute atomic E-state index is 12.2. The van der Waals surface area contributed by atoms with Crippen molar-refractivity contribution in [2.75, 3.05) is 6.61 Å². The molecule has 3 rings (SSSR count). The first-order chi connectivity index (χ1) is 12.1. The Kier molecular flexibility index (Phi) is 5.33. The van der Waals surface area contributed by atoms with Gasteiger partial charge in [0.1, 0.15) is 5.75 Å². The second-order valence-corrected chi connectivity index (χ2v) is 6.25. The van der Waals surface area contributed by atoms with Gasteiger partial charge in [-0.1, -0.05) is 24.3 Å². The number of aryl methyl sites for hydroxylation is 3. The number of rotatable bonds is 4. The summed E-state index contributed by atoms with van der Waals surface area (Å²) in [5.74, 6) is -0.0779. The first-order valence-corrected chi connectivity index (χ1v) is 8.53. The van der Waals surface area contributed by atoms with Crippen LogP contribution in [0.2, 0.25) is 0 Å². The fourth-order valence-electron chi connectivity index (χ4n) is 2.97. The van der Waals surface area contributed by atoms with E-state index in [1.165, 1.54) is 17.5 Å². The molecule has 0 bridgehead atoms. The van der Waals surface area contributed by atoms with E-state index in [4.69, 9.17) is 4.74 Å². The molecule has 0 heterocycles. The highest BCUT2D eigenvalue weighted by molar-refractivity contribution is 5.95. The van der Waals surface area contributed by atoms with Gasteiger partial charge in [-0.05, 0) is 67.5 Å². The molecule has 0 fully saturated rings. The van der Waals surface area contributed by atoms with Crippen LogP contribution >= 0.6 is 0 Å². The summed E-state index contributed by atoms with van der Waals surface area (Å²) in [5, 5.41) is 0. The molecule has 2 aromatic carbocycles. The second-order valence-electron chi connectivity index (χ2n) is 6.25. The summed E-state index contributed by atoms with van der Waals surface area (Å²) in [6.07, 6.45) is 4.44. The third-order valence-electron chi connectivity index (χ3n) is 4.38. The molecular formula is C20H22N2O3. The highest BCUT2D eigenvalue weighted by Crippen LogP contribution is 2.22. The number of nitrogens with one attached hydrogen (secondary N) is 2. The van der Waals surface area contributed by atoms with Crippen LogP contribution in [0.1, 0.15) is 39.9 Å². The Bertz CT molecular complexity index is 786. The van der Waals surface area contributed by atoms with E-state index in [2.05, 4.69) is 10.9 Å². The molecule has 2 N–H and O–H groups in total. The standard InChI is InChI=1S/C20H22N2O3/c1-14-6-2-5-9-18(14)25-13-19(23)21-22-20(24)17-11-10-15-7-3-4-8-16(15)12-17/h2,5-6,9-12H,3-4,7-8,13H2,1H3,(H,21,23)(H,22,24). The minimum absolute atomic E-state index is 0.157. The molecule has 0 spiro atoms. The SMILES string of the molecule is Cc1ccccc1OCC(=O)NNC(=O)c1ccc2c(c1)CCCC2. The monoisotopic (exact) mass is 338 g/mol. The average molecular weight is 338 g/mol. The number of carbonyl (C=O) groups excluding carboxylic acids is 2. The van der Waals surface area contributed by atoms with Gasteiger partial charge in [0.2, 0.25) is 0 Å². The lowest BCUT2D eigenvalue weighted by Crippen LogP contribution is -2.43. The number of hydrogen-bond acceptors (Lipinski definition) is 3. The third-order valence-corrected chi connectivity index (χ3v) is 4.38. The quantitative estimate of drug-likeness (QED) is 0.842. The fourth-order valence-corrected chi connectivity index (χ4v) is 2.97. The maximum atomic E-state index is 12.2. The van der Waals surface area contributed by atoms with Crippen molar-refractivity contribution in [3.8, 4) is 5.75 Å². The lowest BCUT2D eigenvalue weighted by molar-refractivity contribution is -0.123. The Labute approximate surface area is 147 Å². The second kappa shape index (κ2) is 7.83. The van der Waals surface area contributed by atoms with Crippen LogP contribution < -0.4 is 15.6 Å². The van der Waals surface area contributed by atoms with Gasteiger partial charge in [-0.25, -0.2) is 0 Å². The number of hydrazine groups is 1. The minimum Gasteiger partial charge on any atom is -0.483 e. The Hall–Kier alpha value is -2.82. The van der Waals surface area contributed by atoms with E-state index in [-0.39, 0.29) is 12.5 Å². The minimum atomic E-state index is -0.408. The van der Waals surface area contributed by atoms with Crippen LogP contribution in [0.25, 0.3) is 0 Å². The van der Waals surface area contributed by atoms with Crippen LogP contribution in [0.15, 0.2) is 42.5 Å². The van der Waals surface area contributed by atoms with Gasteiger partial charge in [-0.2, -0.15) is 0 Å². The lowest BCUT2D eigenvalue weighted by atomic mass is 9.90. The van der Waals surface area contributed by atoms with Gasteiger partial charge in [0.25, 0.3) is 11.8 Å². The Morgan fingerprint density at radius 1 is 1.00 bits per heavy atom. The first-order valence-electron chi connectivity index (χ1n) is 8.53. The molecule has 25 heavy (non-hydrogen) atoms. The Morgan fingerprint density at radius 3 is 2.56 bits per heavy atom. The average Bonchev–Trinajstić information content (AvgIpc) is 2.65. The molecule has 0 aromatic heterocycles. The number of para-hydroxylation sites is 1. The zero-order chi connectivity index (χ0) is 17.6. The predicted octanol–water partition coefficient (Wildman–Crippen LogP) is 2.71. The van der Waals surface area contributed by atoms with E-state index in [9.17, 15) is 9.59 Å². The van der Waals surface area contributed by atoms with Gasteiger partial charge >= 0.3 is 0 Å². The van der Waals surface area contributed by atoms with E-state index >= 15 is 0 Å². The zero-order valence-corrected chi connectivity index (χ0v) is 14.3. The summed E-state index contributed by atoms with van der Waals surface area (Å²) in [5.41, 5.74) is 8.88. The highest BCUT2D eigenvalue weighted by atomic mass is 16.5. The molecular weight excluding hydrogens is 316 g/mol. The molecule has 0 saturated carbocycles. The molecule has 0 aliphatic heterocycles. The summed E-state index contributed by atoms with van der Waals surface area (Å²) in [4.78, 5) is 24.0. The molecule has 0 unspecified atom stereocenters. The van der Waals surface area contributed by atoms with Gasteiger partial charge in [-0.15, -0.1) is 0 Å². The van der Waals surface area contributed by atoms with E-state index in [0.717, 1.165) is 24.8 Å². The Balaban J connectivity index is 1.50. The van der Waals surface area contributed by atoms with Gasteiger partial charge in [0.05, 0.1) is 0 Å². The molecule has 1 aliphatic carbocycles. The van der Waals surface area contributed by atoms with Crippen molar-refractivity contribution in [1.82, 2.24) is 10.9 Å². The van der Waals surface area contributed by atoms with Gasteiger partial charge in [0.15, 0.2) is 6.61 Å². The Morgan fingerprint density at radius 2 is 1.76 bits per heavy atom. The van der Waals surface area contributed by atoms with Crippen LogP contribution in [-0.2, 0) is 17.6 Å². The molecule has 0 saturated heterocycles. The van der Waals surface area contributed by atoms with Crippen molar-refractivity contribution in [2.24, 2.45) is 0 Å². The van der Waals surface area contributed by atoms with Crippen molar-refractivity contribution in [1.29, 1.82) is 0 Å². The van der Waals surface area contributed by atoms with Crippen molar-refractivity contribution in [2.45, 2.75) is 32.6 Å². The van der Waals surface area contributed by atoms with Gasteiger partial charge in [0, 0.05) is 5.56 Å².